The molecule has 3 aromatic carbocycles. The Morgan fingerprint density at radius 3 is 1.52 bits per heavy atom. The summed E-state index contributed by atoms with van der Waals surface area (Å²) in [6.45, 7) is 21.8. The van der Waals surface area contributed by atoms with E-state index in [-0.39, 0.29) is 56.3 Å². The minimum atomic E-state index is -1.40. The van der Waals surface area contributed by atoms with E-state index < -0.39 is 32.2 Å². The first-order valence-electron chi connectivity index (χ1n) is 17.2. The zero-order valence-electron chi connectivity index (χ0n) is 31.7. The maximum Gasteiger partial charge on any atom is 0.296 e. The first-order chi connectivity index (χ1) is 24.0. The fourth-order valence-electron chi connectivity index (χ4n) is 8.26. The molecule has 0 aliphatic heterocycles. The number of nitrogens with zero attached hydrogens (tertiary/aromatic N) is 6. The molecule has 1 aliphatic rings. The fraction of sp³-hybridized carbons (Fsp3) is 0.450. The summed E-state index contributed by atoms with van der Waals surface area (Å²) >= 11 is 0. The van der Waals surface area contributed by atoms with Crippen LogP contribution in [-0.2, 0) is 0 Å². The number of para-hydroxylation sites is 3. The lowest BCUT2D eigenvalue weighted by atomic mass is 9.46. The van der Waals surface area contributed by atoms with Crippen molar-refractivity contribution in [1.29, 1.82) is 0 Å². The van der Waals surface area contributed by atoms with Crippen molar-refractivity contribution in [2.45, 2.75) is 88.2 Å². The highest BCUT2D eigenvalue weighted by molar-refractivity contribution is 5.81. The molecule has 4 rings (SSSR count). The summed E-state index contributed by atoms with van der Waals surface area (Å²) in [4.78, 5) is 22.3. The van der Waals surface area contributed by atoms with E-state index in [2.05, 4.69) is 89.7 Å². The number of nitro benzene ring substituents is 2. The van der Waals surface area contributed by atoms with Crippen molar-refractivity contribution in [3.05, 3.63) is 110 Å². The van der Waals surface area contributed by atoms with Crippen LogP contribution in [0.1, 0.15) is 87.6 Å². The molecule has 2 N–H and O–H groups in total. The third-order valence-corrected chi connectivity index (χ3v) is 9.54. The van der Waals surface area contributed by atoms with Gasteiger partial charge in [0.2, 0.25) is 0 Å². The third-order valence-electron chi connectivity index (χ3n) is 9.54. The van der Waals surface area contributed by atoms with Gasteiger partial charge in [0.25, 0.3) is 11.4 Å². The molecule has 0 aromatic heterocycles. The summed E-state index contributed by atoms with van der Waals surface area (Å²) in [7, 11) is 0. The monoisotopic (exact) mass is 710 g/mol. The highest BCUT2D eigenvalue weighted by atomic mass is 16.6. The molecule has 0 saturated carbocycles. The molecule has 1 aliphatic carbocycles. The quantitative estimate of drug-likeness (QED) is 0.114. The predicted molar refractivity (Wildman–Crippen MR) is 203 cm³/mol. The first-order valence-corrected chi connectivity index (χ1v) is 17.2. The van der Waals surface area contributed by atoms with Crippen molar-refractivity contribution in [3.63, 3.8) is 0 Å². The van der Waals surface area contributed by atoms with Crippen molar-refractivity contribution < 1.29 is 20.1 Å². The molecule has 52 heavy (non-hydrogen) atoms. The highest BCUT2D eigenvalue weighted by Crippen LogP contribution is 2.64. The van der Waals surface area contributed by atoms with Crippen molar-refractivity contribution >= 4 is 34.0 Å². The number of aliphatic hydroxyl groups excluding tert-OH is 1. The number of aromatic hydroxyl groups is 1. The predicted octanol–water partition coefficient (Wildman–Crippen LogP) is 12.0. The number of hydrogen-bond donors (Lipinski definition) is 2. The van der Waals surface area contributed by atoms with Crippen LogP contribution in [0.3, 0.4) is 0 Å². The molecule has 0 radical (unpaired) electrons. The summed E-state index contributed by atoms with van der Waals surface area (Å²) in [5, 5.41) is 64.4. The molecule has 12 nitrogen and oxygen atoms in total. The number of phenolic OH excluding ortho intramolecular Hbond substituents is 1. The zero-order valence-corrected chi connectivity index (χ0v) is 31.7. The second kappa shape index (κ2) is 14.5. The van der Waals surface area contributed by atoms with E-state index >= 15 is 0 Å². The lowest BCUT2D eigenvalue weighted by molar-refractivity contribution is -0.384. The largest absolute Gasteiger partial charge is 0.505 e. The molecule has 0 bridgehead atoms. The fourth-order valence-corrected chi connectivity index (χ4v) is 8.26. The summed E-state index contributed by atoms with van der Waals surface area (Å²) < 4.78 is 0. The van der Waals surface area contributed by atoms with Crippen LogP contribution >= 0.6 is 0 Å². The molecular formula is C40H50N6O6. The van der Waals surface area contributed by atoms with Gasteiger partial charge in [0.1, 0.15) is 11.8 Å². The van der Waals surface area contributed by atoms with Gasteiger partial charge in [-0.1, -0.05) is 112 Å². The number of benzene rings is 3. The van der Waals surface area contributed by atoms with E-state index in [1.54, 1.807) is 30.3 Å². The van der Waals surface area contributed by atoms with Crippen LogP contribution in [0.15, 0.2) is 105 Å². The van der Waals surface area contributed by atoms with Crippen molar-refractivity contribution in [2.24, 2.45) is 47.5 Å². The number of aliphatic hydroxyl groups is 1. The average Bonchev–Trinajstić information content (AvgIpc) is 3.01. The van der Waals surface area contributed by atoms with Crippen molar-refractivity contribution in [2.75, 3.05) is 0 Å². The van der Waals surface area contributed by atoms with Crippen LogP contribution in [0.5, 0.6) is 5.75 Å². The SMILES string of the molecule is CC(C)(C)CC(C)(C)C1(C(C)(C)CC(C)(C)C)C=C(N=Nc2ccccc2[N+](=O)[O-])C(O)C(c2cccc(N=Nc3ccccc3[N+](=O)[O-])c2O)=C1. The van der Waals surface area contributed by atoms with Gasteiger partial charge >= 0.3 is 0 Å². The van der Waals surface area contributed by atoms with Crippen LogP contribution in [-0.4, -0.2) is 26.2 Å². The molecule has 0 fully saturated rings. The Morgan fingerprint density at radius 2 is 1.06 bits per heavy atom. The average molecular weight is 711 g/mol. The lowest BCUT2D eigenvalue weighted by Crippen LogP contribution is -2.51. The molecule has 0 spiro atoms. The summed E-state index contributed by atoms with van der Waals surface area (Å²) in [5.74, 6) is -0.289. The molecule has 3 aromatic rings. The first kappa shape index (κ1) is 39.7. The van der Waals surface area contributed by atoms with Crippen molar-refractivity contribution in [3.8, 4) is 5.75 Å². The molecule has 12 heteroatoms. The van der Waals surface area contributed by atoms with E-state index in [4.69, 9.17) is 0 Å². The Labute approximate surface area is 305 Å². The van der Waals surface area contributed by atoms with Gasteiger partial charge in [-0.05, 0) is 64.3 Å². The minimum absolute atomic E-state index is 0.0155. The smallest absolute Gasteiger partial charge is 0.296 e. The number of allylic oxidation sites excluding steroid dienone is 2. The third kappa shape index (κ3) is 8.50. The minimum Gasteiger partial charge on any atom is -0.505 e. The van der Waals surface area contributed by atoms with Crippen molar-refractivity contribution in [1.82, 2.24) is 0 Å². The molecule has 1 atom stereocenters. The van der Waals surface area contributed by atoms with Gasteiger partial charge in [-0.25, -0.2) is 0 Å². The van der Waals surface area contributed by atoms with Gasteiger partial charge in [0.05, 0.1) is 15.5 Å². The lowest BCUT2D eigenvalue weighted by Gasteiger charge is -2.58. The summed E-state index contributed by atoms with van der Waals surface area (Å²) in [5.41, 5.74) is -1.60. The molecule has 0 amide bonds. The van der Waals surface area contributed by atoms with Crippen LogP contribution in [0.25, 0.3) is 5.57 Å². The summed E-state index contributed by atoms with van der Waals surface area (Å²) in [6.07, 6.45) is 4.12. The van der Waals surface area contributed by atoms with Crippen LogP contribution in [0.2, 0.25) is 0 Å². The molecule has 0 heterocycles. The number of azo groups is 2. The van der Waals surface area contributed by atoms with Crippen LogP contribution in [0.4, 0.5) is 28.4 Å². The molecule has 0 saturated heterocycles. The second-order valence-corrected chi connectivity index (χ2v) is 17.2. The topological polar surface area (TPSA) is 176 Å². The second-order valence-electron chi connectivity index (χ2n) is 17.2. The Balaban J connectivity index is 2.03. The van der Waals surface area contributed by atoms with Gasteiger partial charge in [-0.15, -0.1) is 15.3 Å². The summed E-state index contributed by atoms with van der Waals surface area (Å²) in [6, 6.07) is 16.8. The van der Waals surface area contributed by atoms with Gasteiger partial charge in [-0.3, -0.25) is 20.2 Å². The number of hydrogen-bond acceptors (Lipinski definition) is 10. The highest BCUT2D eigenvalue weighted by Gasteiger charge is 2.56. The number of phenols is 1. The standard InChI is InChI=1S/C40H50N6O6/c1-36(2,3)24-38(7,8)40(39(9,10)25-37(4,5)6)22-27(35(48)31(23-40)44-42-29-18-12-14-21-33(29)46(51)52)26-16-15-19-30(34(26)47)43-41-28-17-11-13-20-32(28)45(49)50/h11-23,35,47-48H,24-25H2,1-10H3. The number of rotatable bonds is 11. The Kier molecular flexibility index (Phi) is 11.1. The van der Waals surface area contributed by atoms with E-state index in [0.717, 1.165) is 12.8 Å². The number of nitro groups is 2. The normalized spacial score (nSPS) is 16.9. The maximum absolute atomic E-state index is 12.1. The van der Waals surface area contributed by atoms with Gasteiger partial charge in [0, 0.05) is 23.1 Å². The Bertz CT molecular complexity index is 1940. The van der Waals surface area contributed by atoms with E-state index in [1.165, 1.54) is 36.4 Å². The maximum atomic E-state index is 12.1. The van der Waals surface area contributed by atoms with Gasteiger partial charge in [0.15, 0.2) is 17.1 Å². The Hall–Kier alpha value is -5.10. The molecule has 1 unspecified atom stereocenters. The molecule has 276 valence electrons. The van der Waals surface area contributed by atoms with E-state index in [9.17, 15) is 30.4 Å². The zero-order chi connectivity index (χ0) is 38.9. The van der Waals surface area contributed by atoms with Crippen LogP contribution < -0.4 is 0 Å². The molecular weight excluding hydrogens is 660 g/mol. The Morgan fingerprint density at radius 1 is 0.635 bits per heavy atom. The van der Waals surface area contributed by atoms with E-state index in [0.29, 0.717) is 5.57 Å². The van der Waals surface area contributed by atoms with Crippen LogP contribution in [0, 0.1) is 47.3 Å². The van der Waals surface area contributed by atoms with E-state index in [1.807, 2.05) is 12.2 Å². The van der Waals surface area contributed by atoms with Gasteiger partial charge < -0.3 is 10.2 Å². The van der Waals surface area contributed by atoms with Gasteiger partial charge in [-0.2, -0.15) is 5.11 Å².